The van der Waals surface area contributed by atoms with E-state index in [1.807, 2.05) is 0 Å². The number of aromatic nitrogens is 4. The topological polar surface area (TPSA) is 117 Å². The molecule has 1 amide bonds. The largest absolute Gasteiger partial charge is 0.442 e. The third-order valence-electron chi connectivity index (χ3n) is 2.90. The molecule has 0 aliphatic heterocycles. The van der Waals surface area contributed by atoms with E-state index >= 15 is 0 Å². The van der Waals surface area contributed by atoms with Gasteiger partial charge in [-0.05, 0) is 13.0 Å². The fourth-order valence-electron chi connectivity index (χ4n) is 1.97. The van der Waals surface area contributed by atoms with Crippen LogP contribution < -0.4 is 10.9 Å². The molecule has 0 fully saturated rings. The normalized spacial score (nSPS) is 10.8. The number of hydrogen-bond donors (Lipinski definition) is 3. The van der Waals surface area contributed by atoms with Gasteiger partial charge in [0, 0.05) is 6.20 Å². The van der Waals surface area contributed by atoms with Gasteiger partial charge in [0.1, 0.15) is 11.1 Å². The summed E-state index contributed by atoms with van der Waals surface area (Å²) in [7, 11) is 0. The van der Waals surface area contributed by atoms with E-state index in [0.717, 1.165) is 5.69 Å². The van der Waals surface area contributed by atoms with Gasteiger partial charge in [-0.3, -0.25) is 14.7 Å². The summed E-state index contributed by atoms with van der Waals surface area (Å²) >= 11 is 0. The lowest BCUT2D eigenvalue weighted by molar-refractivity contribution is 0.0950. The van der Waals surface area contributed by atoms with Crippen LogP contribution in [0.15, 0.2) is 27.8 Å². The van der Waals surface area contributed by atoms with E-state index < -0.39 is 11.5 Å². The summed E-state index contributed by atoms with van der Waals surface area (Å²) in [6, 6.07) is 1.75. The lowest BCUT2D eigenvalue weighted by atomic mass is 10.2. The van der Waals surface area contributed by atoms with E-state index in [0.29, 0.717) is 5.76 Å². The molecule has 0 aromatic carbocycles. The van der Waals surface area contributed by atoms with Crippen LogP contribution in [-0.2, 0) is 6.54 Å². The molecule has 3 aromatic rings. The number of aryl methyl sites for hydroxylation is 1. The molecule has 0 aliphatic carbocycles. The first-order chi connectivity index (χ1) is 9.66. The van der Waals surface area contributed by atoms with Gasteiger partial charge in [0.15, 0.2) is 0 Å². The highest BCUT2D eigenvalue weighted by atomic mass is 16.3. The summed E-state index contributed by atoms with van der Waals surface area (Å²) in [5.41, 5.74) is 0.709. The zero-order valence-corrected chi connectivity index (χ0v) is 10.6. The maximum Gasteiger partial charge on any atom is 0.262 e. The molecule has 0 atom stereocenters. The van der Waals surface area contributed by atoms with E-state index in [9.17, 15) is 9.59 Å². The number of aromatic amines is 2. The first kappa shape index (κ1) is 12.2. The molecule has 8 nitrogen and oxygen atoms in total. The second-order valence-corrected chi connectivity index (χ2v) is 4.21. The van der Waals surface area contributed by atoms with Crippen molar-refractivity contribution in [1.29, 1.82) is 0 Å². The Morgan fingerprint density at radius 3 is 3.10 bits per heavy atom. The molecule has 0 aliphatic rings. The lowest BCUT2D eigenvalue weighted by Gasteiger charge is -2.02. The van der Waals surface area contributed by atoms with Crippen molar-refractivity contribution in [3.63, 3.8) is 0 Å². The molecule has 3 heterocycles. The van der Waals surface area contributed by atoms with Crippen molar-refractivity contribution < 1.29 is 9.21 Å². The molecule has 20 heavy (non-hydrogen) atoms. The van der Waals surface area contributed by atoms with Crippen LogP contribution >= 0.6 is 0 Å². The van der Waals surface area contributed by atoms with Gasteiger partial charge in [0.05, 0.1) is 24.1 Å². The summed E-state index contributed by atoms with van der Waals surface area (Å²) in [4.78, 5) is 30.3. The molecular formula is C12H11N5O3. The van der Waals surface area contributed by atoms with Crippen molar-refractivity contribution in [2.75, 3.05) is 0 Å². The maximum atomic E-state index is 12.2. The van der Waals surface area contributed by atoms with Gasteiger partial charge in [0.25, 0.3) is 11.5 Å². The molecule has 3 N–H and O–H groups in total. The van der Waals surface area contributed by atoms with Gasteiger partial charge in [-0.2, -0.15) is 5.10 Å². The highest BCUT2D eigenvalue weighted by molar-refractivity contribution is 6.06. The number of nitrogens with zero attached hydrogens (tertiary/aromatic N) is 2. The van der Waals surface area contributed by atoms with Crippen LogP contribution in [0.4, 0.5) is 0 Å². The average molecular weight is 273 g/mol. The SMILES string of the molecule is Cc1oc2nc[nH]c(=O)c2c1C(=O)NCc1ccn[nH]1. The first-order valence-corrected chi connectivity index (χ1v) is 5.90. The van der Waals surface area contributed by atoms with Crippen LogP contribution in [-0.4, -0.2) is 26.1 Å². The number of H-pyrrole nitrogens is 2. The number of hydrogen-bond acceptors (Lipinski definition) is 5. The van der Waals surface area contributed by atoms with Crippen LogP contribution in [0.25, 0.3) is 11.1 Å². The molecule has 102 valence electrons. The zero-order valence-electron chi connectivity index (χ0n) is 10.6. The van der Waals surface area contributed by atoms with Gasteiger partial charge in [0.2, 0.25) is 5.71 Å². The van der Waals surface area contributed by atoms with E-state index in [1.54, 1.807) is 19.2 Å². The minimum atomic E-state index is -0.404. The number of rotatable bonds is 3. The Morgan fingerprint density at radius 2 is 2.35 bits per heavy atom. The number of nitrogens with one attached hydrogen (secondary N) is 3. The van der Waals surface area contributed by atoms with Gasteiger partial charge >= 0.3 is 0 Å². The Morgan fingerprint density at radius 1 is 1.50 bits per heavy atom. The van der Waals surface area contributed by atoms with Crippen LogP contribution in [0.5, 0.6) is 0 Å². The van der Waals surface area contributed by atoms with Crippen molar-refractivity contribution in [1.82, 2.24) is 25.5 Å². The van der Waals surface area contributed by atoms with Crippen LogP contribution in [0, 0.1) is 6.92 Å². The molecule has 0 saturated carbocycles. The van der Waals surface area contributed by atoms with Gasteiger partial charge in [-0.25, -0.2) is 4.98 Å². The van der Waals surface area contributed by atoms with Crippen LogP contribution in [0.2, 0.25) is 0 Å². The predicted molar refractivity (Wildman–Crippen MR) is 69.1 cm³/mol. The Balaban J connectivity index is 1.95. The zero-order chi connectivity index (χ0) is 14.1. The number of amides is 1. The highest BCUT2D eigenvalue weighted by Gasteiger charge is 2.21. The summed E-state index contributed by atoms with van der Waals surface area (Å²) in [5, 5.41) is 9.37. The van der Waals surface area contributed by atoms with E-state index in [-0.39, 0.29) is 23.2 Å². The third kappa shape index (κ3) is 1.96. The second kappa shape index (κ2) is 4.65. The van der Waals surface area contributed by atoms with Gasteiger partial charge in [-0.15, -0.1) is 0 Å². The summed E-state index contributed by atoms with van der Waals surface area (Å²) < 4.78 is 5.33. The number of fused-ring (bicyclic) bond motifs is 1. The summed E-state index contributed by atoms with van der Waals surface area (Å²) in [6.45, 7) is 1.90. The van der Waals surface area contributed by atoms with Gasteiger partial charge < -0.3 is 14.7 Å². The third-order valence-corrected chi connectivity index (χ3v) is 2.90. The van der Waals surface area contributed by atoms with E-state index in [1.165, 1.54) is 6.33 Å². The second-order valence-electron chi connectivity index (χ2n) is 4.21. The standard InChI is InChI=1S/C12H11N5O3/c1-6-8(9-11(19)14-5-15-12(9)20-6)10(18)13-4-7-2-3-16-17-7/h2-3,5H,4H2,1H3,(H,13,18)(H,16,17)(H,14,15,19). The Kier molecular flexibility index (Phi) is 2.82. The van der Waals surface area contributed by atoms with Crippen molar-refractivity contribution in [3.05, 3.63) is 46.0 Å². The smallest absolute Gasteiger partial charge is 0.262 e. The fourth-order valence-corrected chi connectivity index (χ4v) is 1.97. The van der Waals surface area contributed by atoms with Crippen LogP contribution in [0.3, 0.4) is 0 Å². The Labute approximate surface area is 112 Å². The Hall–Kier alpha value is -2.90. The number of furan rings is 1. The predicted octanol–water partition coefficient (Wildman–Crippen LogP) is 0.478. The summed E-state index contributed by atoms with van der Waals surface area (Å²) in [6.07, 6.45) is 2.83. The molecule has 0 spiro atoms. The molecule has 3 rings (SSSR count). The van der Waals surface area contributed by atoms with E-state index in [4.69, 9.17) is 4.42 Å². The monoisotopic (exact) mass is 273 g/mol. The minimum absolute atomic E-state index is 0.151. The summed E-state index contributed by atoms with van der Waals surface area (Å²) in [5.74, 6) is -0.0411. The van der Waals surface area contributed by atoms with Gasteiger partial charge in [-0.1, -0.05) is 0 Å². The van der Waals surface area contributed by atoms with Crippen molar-refractivity contribution in [3.8, 4) is 0 Å². The van der Waals surface area contributed by atoms with Crippen molar-refractivity contribution >= 4 is 17.0 Å². The highest BCUT2D eigenvalue weighted by Crippen LogP contribution is 2.20. The maximum absolute atomic E-state index is 12.2. The molecule has 8 heteroatoms. The Bertz CT molecular complexity index is 815. The molecular weight excluding hydrogens is 262 g/mol. The van der Waals surface area contributed by atoms with Crippen molar-refractivity contribution in [2.45, 2.75) is 13.5 Å². The van der Waals surface area contributed by atoms with E-state index in [2.05, 4.69) is 25.5 Å². The first-order valence-electron chi connectivity index (χ1n) is 5.90. The molecule has 0 bridgehead atoms. The fraction of sp³-hybridized carbons (Fsp3) is 0.167. The lowest BCUT2D eigenvalue weighted by Crippen LogP contribution is -2.24. The quantitative estimate of drug-likeness (QED) is 0.641. The number of carbonyl (C=O) groups is 1. The molecule has 0 unspecified atom stereocenters. The molecule has 0 saturated heterocycles. The molecule has 3 aromatic heterocycles. The molecule has 0 radical (unpaired) electrons. The van der Waals surface area contributed by atoms with Crippen molar-refractivity contribution in [2.24, 2.45) is 0 Å². The average Bonchev–Trinajstić information content (AvgIpc) is 3.03. The number of carbonyl (C=O) groups excluding carboxylic acids is 1. The minimum Gasteiger partial charge on any atom is -0.442 e. The van der Waals surface area contributed by atoms with Crippen LogP contribution in [0.1, 0.15) is 21.8 Å².